The summed E-state index contributed by atoms with van der Waals surface area (Å²) in [5.74, 6) is 0.470. The van der Waals surface area contributed by atoms with Gasteiger partial charge in [0, 0.05) is 25.9 Å². The largest absolute Gasteiger partial charge is 0.493 e. The van der Waals surface area contributed by atoms with Crippen molar-refractivity contribution in [3.05, 3.63) is 58.9 Å². The molecule has 6 nitrogen and oxygen atoms in total. The number of carbonyl (C=O) groups is 2. The van der Waals surface area contributed by atoms with Crippen molar-refractivity contribution < 1.29 is 19.1 Å². The molecule has 2 aliphatic heterocycles. The molecule has 0 saturated carbocycles. The summed E-state index contributed by atoms with van der Waals surface area (Å²) >= 11 is 0. The van der Waals surface area contributed by atoms with Gasteiger partial charge in [-0.3, -0.25) is 14.6 Å². The van der Waals surface area contributed by atoms with Gasteiger partial charge in [0.15, 0.2) is 11.5 Å². The summed E-state index contributed by atoms with van der Waals surface area (Å²) in [6.45, 7) is 5.83. The SMILES string of the molecule is C=Cc1cncc2c1CC1c3cc(OC(C)=O)c(OC)cc3CCN1C2=O. The molecular formula is C21H20N2O4. The summed E-state index contributed by atoms with van der Waals surface area (Å²) < 4.78 is 10.7. The van der Waals surface area contributed by atoms with Crippen LogP contribution >= 0.6 is 0 Å². The molecule has 0 bridgehead atoms. The average molecular weight is 364 g/mol. The molecule has 0 radical (unpaired) electrons. The number of methoxy groups -OCH3 is 1. The molecule has 1 aromatic carbocycles. The molecule has 27 heavy (non-hydrogen) atoms. The first-order valence-corrected chi connectivity index (χ1v) is 8.83. The number of aromatic nitrogens is 1. The maximum atomic E-state index is 13.1. The van der Waals surface area contributed by atoms with E-state index in [0.717, 1.165) is 28.7 Å². The van der Waals surface area contributed by atoms with E-state index in [1.165, 1.54) is 6.92 Å². The normalized spacial score (nSPS) is 17.5. The minimum Gasteiger partial charge on any atom is -0.493 e. The molecule has 1 amide bonds. The van der Waals surface area contributed by atoms with Gasteiger partial charge in [-0.05, 0) is 47.2 Å². The van der Waals surface area contributed by atoms with E-state index in [1.807, 2.05) is 17.0 Å². The van der Waals surface area contributed by atoms with Gasteiger partial charge in [-0.2, -0.15) is 0 Å². The number of hydrogen-bond acceptors (Lipinski definition) is 5. The van der Waals surface area contributed by atoms with Crippen LogP contribution in [0.15, 0.2) is 31.1 Å². The zero-order valence-electron chi connectivity index (χ0n) is 15.3. The van der Waals surface area contributed by atoms with Crippen LogP contribution < -0.4 is 9.47 Å². The molecule has 4 rings (SSSR count). The van der Waals surface area contributed by atoms with Gasteiger partial charge in [0.2, 0.25) is 0 Å². The van der Waals surface area contributed by atoms with Gasteiger partial charge in [0.25, 0.3) is 5.91 Å². The first-order valence-electron chi connectivity index (χ1n) is 8.83. The van der Waals surface area contributed by atoms with Crippen molar-refractivity contribution in [3.63, 3.8) is 0 Å². The van der Waals surface area contributed by atoms with Crippen LogP contribution in [0.4, 0.5) is 0 Å². The molecule has 0 fully saturated rings. The van der Waals surface area contributed by atoms with E-state index in [4.69, 9.17) is 9.47 Å². The summed E-state index contributed by atoms with van der Waals surface area (Å²) in [6, 6.07) is 3.63. The number of fused-ring (bicyclic) bond motifs is 4. The molecule has 0 spiro atoms. The molecule has 138 valence electrons. The zero-order chi connectivity index (χ0) is 19.1. The summed E-state index contributed by atoms with van der Waals surface area (Å²) in [6.07, 6.45) is 6.49. The number of ether oxygens (including phenoxy) is 2. The monoisotopic (exact) mass is 364 g/mol. The fourth-order valence-electron chi connectivity index (χ4n) is 4.01. The first kappa shape index (κ1) is 17.3. The molecule has 0 saturated heterocycles. The van der Waals surface area contributed by atoms with Crippen molar-refractivity contribution >= 4 is 18.0 Å². The second-order valence-corrected chi connectivity index (χ2v) is 6.72. The molecule has 2 aromatic rings. The third-order valence-corrected chi connectivity index (χ3v) is 5.24. The van der Waals surface area contributed by atoms with Crippen LogP contribution in [0, 0.1) is 0 Å². The number of pyridine rings is 1. The highest BCUT2D eigenvalue weighted by Gasteiger charge is 2.38. The van der Waals surface area contributed by atoms with Gasteiger partial charge in [0.1, 0.15) is 0 Å². The molecule has 0 N–H and O–H groups in total. The van der Waals surface area contributed by atoms with Crippen LogP contribution in [0.3, 0.4) is 0 Å². The summed E-state index contributed by atoms with van der Waals surface area (Å²) in [5, 5.41) is 0. The Bertz CT molecular complexity index is 967. The van der Waals surface area contributed by atoms with Gasteiger partial charge >= 0.3 is 5.97 Å². The number of carbonyl (C=O) groups excluding carboxylic acids is 2. The summed E-state index contributed by atoms with van der Waals surface area (Å²) in [5.41, 5.74) is 4.57. The Morgan fingerprint density at radius 2 is 2.15 bits per heavy atom. The Morgan fingerprint density at radius 3 is 2.85 bits per heavy atom. The third kappa shape index (κ3) is 2.77. The van der Waals surface area contributed by atoms with Gasteiger partial charge in [0.05, 0.1) is 18.7 Å². The van der Waals surface area contributed by atoms with E-state index in [2.05, 4.69) is 11.6 Å². The van der Waals surface area contributed by atoms with Crippen LogP contribution in [0.5, 0.6) is 11.5 Å². The van der Waals surface area contributed by atoms with Crippen molar-refractivity contribution in [2.75, 3.05) is 13.7 Å². The molecule has 1 unspecified atom stereocenters. The molecule has 1 atom stereocenters. The van der Waals surface area contributed by atoms with E-state index in [0.29, 0.717) is 30.0 Å². The van der Waals surface area contributed by atoms with Gasteiger partial charge in [-0.15, -0.1) is 0 Å². The number of esters is 1. The quantitative estimate of drug-likeness (QED) is 0.619. The molecule has 6 heteroatoms. The fourth-order valence-corrected chi connectivity index (χ4v) is 4.01. The highest BCUT2D eigenvalue weighted by Crippen LogP contribution is 2.43. The Morgan fingerprint density at radius 1 is 1.33 bits per heavy atom. The summed E-state index contributed by atoms with van der Waals surface area (Å²) in [7, 11) is 1.55. The smallest absolute Gasteiger partial charge is 0.308 e. The standard InChI is InChI=1S/C21H20N2O4/c1-4-13-10-22-11-17-15(13)8-18-16-9-20(27-12(2)24)19(26-3)7-14(16)5-6-23(18)21(17)25/h4,7,9-11,18H,1,5-6,8H2,2-3H3. The lowest BCUT2D eigenvalue weighted by Gasteiger charge is -2.41. The minimum absolute atomic E-state index is 0.0204. The molecular weight excluding hydrogens is 344 g/mol. The van der Waals surface area contributed by atoms with Gasteiger partial charge in [-0.25, -0.2) is 0 Å². The number of hydrogen-bond donors (Lipinski definition) is 0. The highest BCUT2D eigenvalue weighted by atomic mass is 16.6. The maximum Gasteiger partial charge on any atom is 0.308 e. The predicted octanol–water partition coefficient (Wildman–Crippen LogP) is 2.95. The van der Waals surface area contributed by atoms with Crippen LogP contribution in [0.1, 0.15) is 45.6 Å². The summed E-state index contributed by atoms with van der Waals surface area (Å²) in [4.78, 5) is 30.6. The average Bonchev–Trinajstić information content (AvgIpc) is 2.66. The van der Waals surface area contributed by atoms with Crippen molar-refractivity contribution in [1.29, 1.82) is 0 Å². The van der Waals surface area contributed by atoms with E-state index in [1.54, 1.807) is 25.6 Å². The number of amides is 1. The first-order chi connectivity index (χ1) is 13.0. The van der Waals surface area contributed by atoms with Crippen molar-refractivity contribution in [3.8, 4) is 11.5 Å². The topological polar surface area (TPSA) is 68.7 Å². The van der Waals surface area contributed by atoms with Gasteiger partial charge < -0.3 is 14.4 Å². The van der Waals surface area contributed by atoms with Gasteiger partial charge in [-0.1, -0.05) is 12.7 Å². The zero-order valence-corrected chi connectivity index (χ0v) is 15.3. The van der Waals surface area contributed by atoms with E-state index in [9.17, 15) is 9.59 Å². The predicted molar refractivity (Wildman–Crippen MR) is 99.8 cm³/mol. The van der Waals surface area contributed by atoms with Crippen LogP contribution in [-0.2, 0) is 17.6 Å². The fraction of sp³-hybridized carbons (Fsp3) is 0.286. The Balaban J connectivity index is 1.83. The Hall–Kier alpha value is -3.15. The Kier molecular flexibility index (Phi) is 4.18. The second-order valence-electron chi connectivity index (χ2n) is 6.72. The third-order valence-electron chi connectivity index (χ3n) is 5.24. The number of rotatable bonds is 3. The number of benzene rings is 1. The minimum atomic E-state index is -0.411. The molecule has 2 aliphatic rings. The lowest BCUT2D eigenvalue weighted by atomic mass is 9.82. The lowest BCUT2D eigenvalue weighted by molar-refractivity contribution is -0.132. The lowest BCUT2D eigenvalue weighted by Crippen LogP contribution is -2.44. The highest BCUT2D eigenvalue weighted by molar-refractivity contribution is 5.98. The Labute approximate surface area is 157 Å². The van der Waals surface area contributed by atoms with Crippen LogP contribution in [0.2, 0.25) is 0 Å². The second kappa shape index (κ2) is 6.54. The number of nitrogens with zero attached hydrogens (tertiary/aromatic N) is 2. The van der Waals surface area contributed by atoms with Crippen molar-refractivity contribution in [2.24, 2.45) is 0 Å². The molecule has 1 aromatic heterocycles. The van der Waals surface area contributed by atoms with E-state index in [-0.39, 0.29) is 11.9 Å². The molecule has 0 aliphatic carbocycles. The van der Waals surface area contributed by atoms with E-state index < -0.39 is 5.97 Å². The van der Waals surface area contributed by atoms with Crippen LogP contribution in [-0.4, -0.2) is 35.4 Å². The van der Waals surface area contributed by atoms with E-state index >= 15 is 0 Å². The van der Waals surface area contributed by atoms with Crippen molar-refractivity contribution in [2.45, 2.75) is 25.8 Å². The maximum absolute atomic E-state index is 13.1. The molecule has 3 heterocycles. The van der Waals surface area contributed by atoms with Crippen LogP contribution in [0.25, 0.3) is 6.08 Å². The van der Waals surface area contributed by atoms with Crippen molar-refractivity contribution in [1.82, 2.24) is 9.88 Å².